The van der Waals surface area contributed by atoms with Gasteiger partial charge in [0.2, 0.25) is 5.91 Å². The Morgan fingerprint density at radius 3 is 2.38 bits per heavy atom. The second-order valence-corrected chi connectivity index (χ2v) is 4.47. The van der Waals surface area contributed by atoms with Gasteiger partial charge in [-0.1, -0.05) is 18.2 Å². The van der Waals surface area contributed by atoms with Crippen LogP contribution >= 0.6 is 0 Å². The van der Waals surface area contributed by atoms with E-state index in [2.05, 4.69) is 10.3 Å². The first-order chi connectivity index (χ1) is 9.95. The Balaban J connectivity index is 1.88. The van der Waals surface area contributed by atoms with E-state index in [4.69, 9.17) is 0 Å². The highest BCUT2D eigenvalue weighted by molar-refractivity contribution is 5.78. The molecule has 2 rings (SSSR count). The maximum absolute atomic E-state index is 12.4. The molecule has 0 saturated carbocycles. The minimum atomic E-state index is -4.36. The molecule has 1 amide bonds. The minimum absolute atomic E-state index is 0.0327. The van der Waals surface area contributed by atoms with Gasteiger partial charge in [0.05, 0.1) is 24.2 Å². The van der Waals surface area contributed by atoms with Gasteiger partial charge in [-0.3, -0.25) is 9.78 Å². The molecule has 0 radical (unpaired) electrons. The summed E-state index contributed by atoms with van der Waals surface area (Å²) in [6, 6.07) is 9.92. The summed E-state index contributed by atoms with van der Waals surface area (Å²) in [5.41, 5.74) is 0.528. The third-order valence-electron chi connectivity index (χ3n) is 2.84. The van der Waals surface area contributed by atoms with Crippen LogP contribution in [0, 0.1) is 0 Å². The number of amides is 1. The fourth-order valence-electron chi connectivity index (χ4n) is 1.75. The summed E-state index contributed by atoms with van der Waals surface area (Å²) >= 11 is 0. The van der Waals surface area contributed by atoms with Crippen LogP contribution in [0.15, 0.2) is 48.7 Å². The molecule has 2 aromatic rings. The SMILES string of the molecule is O=C(Cc1ccc(C(F)(F)F)cc1)NCc1ccccn1. The smallest absolute Gasteiger partial charge is 0.350 e. The van der Waals surface area contributed by atoms with Crippen LogP contribution in [0.25, 0.3) is 0 Å². The summed E-state index contributed by atoms with van der Waals surface area (Å²) in [5, 5.41) is 2.67. The molecule has 6 heteroatoms. The zero-order valence-corrected chi connectivity index (χ0v) is 11.0. The maximum atomic E-state index is 12.4. The Morgan fingerprint density at radius 2 is 1.81 bits per heavy atom. The Kier molecular flexibility index (Phi) is 4.57. The van der Waals surface area contributed by atoms with E-state index in [-0.39, 0.29) is 12.3 Å². The number of carbonyl (C=O) groups excluding carboxylic acids is 1. The minimum Gasteiger partial charge on any atom is -0.350 e. The lowest BCUT2D eigenvalue weighted by Crippen LogP contribution is -2.25. The Hall–Kier alpha value is -2.37. The monoisotopic (exact) mass is 294 g/mol. The summed E-state index contributed by atoms with van der Waals surface area (Å²) in [4.78, 5) is 15.8. The number of benzene rings is 1. The number of hydrogen-bond acceptors (Lipinski definition) is 2. The van der Waals surface area contributed by atoms with Crippen LogP contribution in [-0.2, 0) is 23.9 Å². The predicted octanol–water partition coefficient (Wildman–Crippen LogP) is 2.96. The average Bonchev–Trinajstić information content (AvgIpc) is 2.46. The van der Waals surface area contributed by atoms with Crippen LogP contribution < -0.4 is 5.32 Å². The van der Waals surface area contributed by atoms with Gasteiger partial charge >= 0.3 is 6.18 Å². The topological polar surface area (TPSA) is 42.0 Å². The van der Waals surface area contributed by atoms with Gasteiger partial charge in [0.15, 0.2) is 0 Å². The molecule has 1 aromatic heterocycles. The van der Waals surface area contributed by atoms with Crippen molar-refractivity contribution in [2.24, 2.45) is 0 Å². The maximum Gasteiger partial charge on any atom is 0.416 e. The van der Waals surface area contributed by atoms with Gasteiger partial charge in [-0.05, 0) is 29.8 Å². The van der Waals surface area contributed by atoms with Crippen LogP contribution in [0.4, 0.5) is 13.2 Å². The molecule has 0 aliphatic heterocycles. The number of carbonyl (C=O) groups is 1. The van der Waals surface area contributed by atoms with Gasteiger partial charge < -0.3 is 5.32 Å². The van der Waals surface area contributed by atoms with E-state index in [1.54, 1.807) is 18.3 Å². The van der Waals surface area contributed by atoms with Crippen LogP contribution in [0.1, 0.15) is 16.8 Å². The third kappa shape index (κ3) is 4.59. The van der Waals surface area contributed by atoms with Gasteiger partial charge in [-0.15, -0.1) is 0 Å². The molecule has 21 heavy (non-hydrogen) atoms. The van der Waals surface area contributed by atoms with E-state index in [0.29, 0.717) is 12.1 Å². The standard InChI is InChI=1S/C15H13F3N2O/c16-15(17,18)12-6-4-11(5-7-12)9-14(21)20-10-13-3-1-2-8-19-13/h1-8H,9-10H2,(H,20,21). The molecule has 110 valence electrons. The van der Waals surface area contributed by atoms with Crippen molar-refractivity contribution in [3.8, 4) is 0 Å². The summed E-state index contributed by atoms with van der Waals surface area (Å²) in [5.74, 6) is -0.264. The van der Waals surface area contributed by atoms with E-state index < -0.39 is 11.7 Å². The summed E-state index contributed by atoms with van der Waals surface area (Å²) in [6.07, 6.45) is -2.71. The molecule has 0 aliphatic rings. The first kappa shape index (κ1) is 15.0. The Bertz CT molecular complexity index is 595. The molecule has 0 fully saturated rings. The number of rotatable bonds is 4. The molecule has 1 aromatic carbocycles. The first-order valence-corrected chi connectivity index (χ1v) is 6.28. The number of pyridine rings is 1. The van der Waals surface area contributed by atoms with Crippen LogP contribution in [0.3, 0.4) is 0 Å². The molecule has 0 saturated heterocycles. The highest BCUT2D eigenvalue weighted by Crippen LogP contribution is 2.29. The third-order valence-corrected chi connectivity index (χ3v) is 2.84. The lowest BCUT2D eigenvalue weighted by Gasteiger charge is -2.08. The Labute approximate surface area is 119 Å². The van der Waals surface area contributed by atoms with Gasteiger partial charge in [-0.2, -0.15) is 13.2 Å². The molecule has 1 heterocycles. The van der Waals surface area contributed by atoms with E-state index in [1.807, 2.05) is 6.07 Å². The normalized spacial score (nSPS) is 11.2. The van der Waals surface area contributed by atoms with Gasteiger partial charge in [0, 0.05) is 6.20 Å². The van der Waals surface area contributed by atoms with E-state index in [0.717, 1.165) is 17.8 Å². The van der Waals surface area contributed by atoms with Crippen molar-refractivity contribution in [2.45, 2.75) is 19.1 Å². The predicted molar refractivity (Wildman–Crippen MR) is 71.2 cm³/mol. The lowest BCUT2D eigenvalue weighted by molar-refractivity contribution is -0.137. The van der Waals surface area contributed by atoms with Crippen molar-refractivity contribution in [3.05, 3.63) is 65.5 Å². The fourth-order valence-corrected chi connectivity index (χ4v) is 1.75. The van der Waals surface area contributed by atoms with Crippen molar-refractivity contribution in [1.82, 2.24) is 10.3 Å². The number of nitrogens with zero attached hydrogens (tertiary/aromatic N) is 1. The largest absolute Gasteiger partial charge is 0.416 e. The zero-order chi connectivity index (χ0) is 15.3. The average molecular weight is 294 g/mol. The van der Waals surface area contributed by atoms with Crippen molar-refractivity contribution in [3.63, 3.8) is 0 Å². The summed E-state index contributed by atoms with van der Waals surface area (Å²) < 4.78 is 37.2. The number of alkyl halides is 3. The van der Waals surface area contributed by atoms with Gasteiger partial charge in [0.1, 0.15) is 0 Å². The molecule has 0 aliphatic carbocycles. The molecular weight excluding hydrogens is 281 g/mol. The van der Waals surface area contributed by atoms with Gasteiger partial charge in [-0.25, -0.2) is 0 Å². The Morgan fingerprint density at radius 1 is 1.10 bits per heavy atom. The molecule has 3 nitrogen and oxygen atoms in total. The first-order valence-electron chi connectivity index (χ1n) is 6.28. The quantitative estimate of drug-likeness (QED) is 0.942. The molecule has 0 unspecified atom stereocenters. The zero-order valence-electron chi connectivity index (χ0n) is 11.0. The van der Waals surface area contributed by atoms with Crippen molar-refractivity contribution in [1.29, 1.82) is 0 Å². The van der Waals surface area contributed by atoms with E-state index in [9.17, 15) is 18.0 Å². The van der Waals surface area contributed by atoms with Crippen LogP contribution in [-0.4, -0.2) is 10.9 Å². The van der Waals surface area contributed by atoms with E-state index in [1.165, 1.54) is 12.1 Å². The second kappa shape index (κ2) is 6.39. The van der Waals surface area contributed by atoms with Crippen LogP contribution in [0.2, 0.25) is 0 Å². The molecule has 0 bridgehead atoms. The van der Waals surface area contributed by atoms with Crippen LogP contribution in [0.5, 0.6) is 0 Å². The summed E-state index contributed by atoms with van der Waals surface area (Å²) in [7, 11) is 0. The van der Waals surface area contributed by atoms with E-state index >= 15 is 0 Å². The highest BCUT2D eigenvalue weighted by atomic mass is 19.4. The number of halogens is 3. The van der Waals surface area contributed by atoms with Crippen molar-refractivity contribution in [2.75, 3.05) is 0 Å². The fraction of sp³-hybridized carbons (Fsp3) is 0.200. The number of nitrogens with one attached hydrogen (secondary N) is 1. The lowest BCUT2D eigenvalue weighted by atomic mass is 10.1. The van der Waals surface area contributed by atoms with Crippen molar-refractivity contribution < 1.29 is 18.0 Å². The van der Waals surface area contributed by atoms with Gasteiger partial charge in [0.25, 0.3) is 0 Å². The second-order valence-electron chi connectivity index (χ2n) is 4.47. The molecule has 0 atom stereocenters. The molecular formula is C15H13F3N2O. The summed E-state index contributed by atoms with van der Waals surface area (Å²) in [6.45, 7) is 0.292. The number of hydrogen-bond donors (Lipinski definition) is 1. The van der Waals surface area contributed by atoms with Crippen molar-refractivity contribution >= 4 is 5.91 Å². The number of aromatic nitrogens is 1. The molecule has 0 spiro atoms. The highest BCUT2D eigenvalue weighted by Gasteiger charge is 2.29. The molecule has 1 N–H and O–H groups in total.